The van der Waals surface area contributed by atoms with Gasteiger partial charge in [-0.1, -0.05) is 103 Å². The molecule has 0 spiro atoms. The number of nitrogens with zero attached hydrogens (tertiary/aromatic N) is 2. The van der Waals surface area contributed by atoms with E-state index in [1.165, 1.54) is 75.3 Å². The summed E-state index contributed by atoms with van der Waals surface area (Å²) >= 11 is 1.86. The average Bonchev–Trinajstić information content (AvgIpc) is 3.97. The Morgan fingerprint density at radius 2 is 0.833 bits per heavy atom. The van der Waals surface area contributed by atoms with E-state index in [1.807, 2.05) is 11.3 Å². The van der Waals surface area contributed by atoms with Crippen molar-refractivity contribution >= 4 is 86.3 Å². The van der Waals surface area contributed by atoms with Crippen molar-refractivity contribution in [3.8, 4) is 33.6 Å². The molecule has 0 aliphatic rings. The minimum atomic E-state index is 0.879. The maximum absolute atomic E-state index is 6.61. The first-order valence-corrected chi connectivity index (χ1v) is 19.2. The molecule has 12 rings (SSSR count). The van der Waals surface area contributed by atoms with Crippen LogP contribution in [0.1, 0.15) is 0 Å². The lowest BCUT2D eigenvalue weighted by molar-refractivity contribution is 0.645. The van der Waals surface area contributed by atoms with E-state index in [0.29, 0.717) is 0 Å². The Morgan fingerprint density at radius 1 is 0.352 bits per heavy atom. The molecule has 0 aliphatic carbocycles. The van der Waals surface area contributed by atoms with Crippen LogP contribution in [0.4, 0.5) is 0 Å². The molecule has 0 bridgehead atoms. The van der Waals surface area contributed by atoms with Gasteiger partial charge in [-0.05, 0) is 101 Å². The fourth-order valence-corrected chi connectivity index (χ4v) is 9.71. The number of rotatable bonds is 4. The fourth-order valence-electron chi connectivity index (χ4n) is 8.65. The van der Waals surface area contributed by atoms with E-state index >= 15 is 0 Å². The summed E-state index contributed by atoms with van der Waals surface area (Å²) in [7, 11) is 0. The van der Waals surface area contributed by atoms with Crippen LogP contribution in [0.25, 0.3) is 109 Å². The smallest absolute Gasteiger partial charge is 0.213 e. The first-order valence-electron chi connectivity index (χ1n) is 18.3. The molecule has 0 atom stereocenters. The molecular formula is C50H30N2OS. The molecule has 54 heavy (non-hydrogen) atoms. The van der Waals surface area contributed by atoms with Gasteiger partial charge in [0.25, 0.3) is 0 Å². The Labute approximate surface area is 314 Å². The lowest BCUT2D eigenvalue weighted by Gasteiger charge is -2.09. The van der Waals surface area contributed by atoms with E-state index in [-0.39, 0.29) is 0 Å². The van der Waals surface area contributed by atoms with E-state index in [0.717, 1.165) is 33.3 Å². The number of aromatic nitrogens is 2. The fraction of sp³-hybridized carbons (Fsp3) is 0. The molecule has 4 heterocycles. The van der Waals surface area contributed by atoms with E-state index in [2.05, 4.69) is 191 Å². The van der Waals surface area contributed by atoms with Crippen LogP contribution in [-0.4, -0.2) is 9.13 Å². The van der Waals surface area contributed by atoms with Crippen LogP contribution >= 0.6 is 11.3 Å². The number of thiophene rings is 1. The zero-order valence-electron chi connectivity index (χ0n) is 29.0. The van der Waals surface area contributed by atoms with Gasteiger partial charge >= 0.3 is 0 Å². The van der Waals surface area contributed by atoms with Gasteiger partial charge in [-0.2, -0.15) is 0 Å². The van der Waals surface area contributed by atoms with Gasteiger partial charge in [-0.25, -0.2) is 0 Å². The van der Waals surface area contributed by atoms with Gasteiger partial charge in [0, 0.05) is 53.1 Å². The largest absolute Gasteiger partial charge is 0.439 e. The van der Waals surface area contributed by atoms with Crippen LogP contribution in [0, 0.1) is 0 Å². The SMILES string of the molecule is c1ccc(-n2c3ccccc3c3c4cc(-c5ccc6sc7ccc(-c8ccc(-n9c%10ccccc%10c%10ccccc%109)cc8)cc7c6c5)ccc4oc32)cc1. The second-order valence-corrected chi connectivity index (χ2v) is 15.2. The minimum Gasteiger partial charge on any atom is -0.439 e. The lowest BCUT2D eigenvalue weighted by Crippen LogP contribution is -1.93. The monoisotopic (exact) mass is 706 g/mol. The highest BCUT2D eigenvalue weighted by molar-refractivity contribution is 7.25. The van der Waals surface area contributed by atoms with E-state index < -0.39 is 0 Å². The maximum atomic E-state index is 6.61. The van der Waals surface area contributed by atoms with E-state index in [1.54, 1.807) is 0 Å². The molecule has 0 amide bonds. The third kappa shape index (κ3) is 4.29. The second kappa shape index (κ2) is 11.3. The van der Waals surface area contributed by atoms with Crippen LogP contribution in [0.3, 0.4) is 0 Å². The quantitative estimate of drug-likeness (QED) is 0.179. The molecule has 12 aromatic rings. The summed E-state index contributed by atoms with van der Waals surface area (Å²) < 4.78 is 13.8. The van der Waals surface area contributed by atoms with Crippen molar-refractivity contribution in [3.63, 3.8) is 0 Å². The lowest BCUT2D eigenvalue weighted by atomic mass is 9.99. The molecular weight excluding hydrogens is 677 g/mol. The molecule has 252 valence electrons. The summed E-state index contributed by atoms with van der Waals surface area (Å²) in [6, 6.07) is 65.9. The first kappa shape index (κ1) is 29.7. The number of hydrogen-bond acceptors (Lipinski definition) is 2. The standard InChI is InChI=1S/C50H30N2OS/c1-2-10-35(11-3-1)52-45-17-9-6-14-39(45)49-42-30-33(20-25-46(42)53-50(49)52)34-22-27-48-41(29-34)40-28-32(21-26-47(40)54-48)31-18-23-36(24-19-31)51-43-15-7-4-12-37(43)38-13-5-8-16-44(38)51/h1-30H. The van der Waals surface area contributed by atoms with Gasteiger partial charge < -0.3 is 8.98 Å². The molecule has 0 saturated heterocycles. The summed E-state index contributed by atoms with van der Waals surface area (Å²) in [4.78, 5) is 0. The van der Waals surface area contributed by atoms with Crippen LogP contribution < -0.4 is 0 Å². The van der Waals surface area contributed by atoms with Gasteiger partial charge in [-0.15, -0.1) is 11.3 Å². The Balaban J connectivity index is 0.956. The number of para-hydroxylation sites is 4. The molecule has 0 radical (unpaired) electrons. The summed E-state index contributed by atoms with van der Waals surface area (Å²) in [5, 5.41) is 8.62. The number of hydrogen-bond donors (Lipinski definition) is 0. The minimum absolute atomic E-state index is 0.879. The molecule has 0 unspecified atom stereocenters. The van der Waals surface area contributed by atoms with E-state index in [9.17, 15) is 0 Å². The summed E-state index contributed by atoms with van der Waals surface area (Å²) in [6.07, 6.45) is 0. The van der Waals surface area contributed by atoms with Crippen molar-refractivity contribution in [2.24, 2.45) is 0 Å². The highest BCUT2D eigenvalue weighted by Crippen LogP contribution is 2.42. The number of fused-ring (bicyclic) bond motifs is 11. The highest BCUT2D eigenvalue weighted by Gasteiger charge is 2.20. The maximum Gasteiger partial charge on any atom is 0.213 e. The van der Waals surface area contributed by atoms with Gasteiger partial charge in [0.15, 0.2) is 0 Å². The zero-order valence-corrected chi connectivity index (χ0v) is 29.8. The Bertz CT molecular complexity index is 3380. The van der Waals surface area contributed by atoms with Crippen molar-refractivity contribution in [1.82, 2.24) is 9.13 Å². The summed E-state index contributed by atoms with van der Waals surface area (Å²) in [6.45, 7) is 0. The van der Waals surface area contributed by atoms with Gasteiger partial charge in [0.1, 0.15) is 5.58 Å². The average molecular weight is 707 g/mol. The third-order valence-corrected chi connectivity index (χ3v) is 12.3. The summed E-state index contributed by atoms with van der Waals surface area (Å²) in [5.74, 6) is 0. The van der Waals surface area contributed by atoms with Gasteiger partial charge in [-0.3, -0.25) is 4.57 Å². The topological polar surface area (TPSA) is 23.0 Å². The predicted molar refractivity (Wildman–Crippen MR) is 229 cm³/mol. The number of furan rings is 1. The van der Waals surface area contributed by atoms with Crippen molar-refractivity contribution in [2.45, 2.75) is 0 Å². The van der Waals surface area contributed by atoms with Crippen molar-refractivity contribution in [1.29, 1.82) is 0 Å². The third-order valence-electron chi connectivity index (χ3n) is 11.1. The Morgan fingerprint density at radius 3 is 1.48 bits per heavy atom. The van der Waals surface area contributed by atoms with Gasteiger partial charge in [0.05, 0.1) is 21.9 Å². The normalized spacial score (nSPS) is 12.1. The van der Waals surface area contributed by atoms with Crippen molar-refractivity contribution < 1.29 is 4.42 Å². The molecule has 3 nitrogen and oxygen atoms in total. The highest BCUT2D eigenvalue weighted by atomic mass is 32.1. The molecule has 0 N–H and O–H groups in total. The van der Waals surface area contributed by atoms with Gasteiger partial charge in [0.2, 0.25) is 5.71 Å². The van der Waals surface area contributed by atoms with Crippen molar-refractivity contribution in [2.75, 3.05) is 0 Å². The number of benzene rings is 8. The van der Waals surface area contributed by atoms with Crippen molar-refractivity contribution in [3.05, 3.63) is 182 Å². The van der Waals surface area contributed by atoms with Crippen LogP contribution in [-0.2, 0) is 0 Å². The zero-order chi connectivity index (χ0) is 35.3. The van der Waals surface area contributed by atoms with Crippen LogP contribution in [0.5, 0.6) is 0 Å². The van der Waals surface area contributed by atoms with Crippen LogP contribution in [0.15, 0.2) is 186 Å². The first-order chi connectivity index (χ1) is 26.8. The second-order valence-electron chi connectivity index (χ2n) is 14.1. The Hall–Kier alpha value is -6.88. The molecule has 4 heteroatoms. The summed E-state index contributed by atoms with van der Waals surface area (Å²) in [5.41, 5.74) is 12.4. The predicted octanol–water partition coefficient (Wildman–Crippen LogP) is 14.3. The molecule has 0 fully saturated rings. The molecule has 8 aromatic carbocycles. The molecule has 4 aromatic heterocycles. The van der Waals surface area contributed by atoms with Crippen LogP contribution in [0.2, 0.25) is 0 Å². The molecule has 0 saturated carbocycles. The van der Waals surface area contributed by atoms with E-state index in [4.69, 9.17) is 4.42 Å². The molecule has 0 aliphatic heterocycles. The Kier molecular flexibility index (Phi) is 6.21.